The van der Waals surface area contributed by atoms with Crippen LogP contribution in [0, 0.1) is 0 Å². The van der Waals surface area contributed by atoms with Crippen LogP contribution in [0.1, 0.15) is 33.0 Å². The Morgan fingerprint density at radius 3 is 2.34 bits per heavy atom. The van der Waals surface area contributed by atoms with Gasteiger partial charge in [-0.05, 0) is 35.1 Å². The Morgan fingerprint density at radius 1 is 1.13 bits per heavy atom. The predicted molar refractivity (Wildman–Crippen MR) is 155 cm³/mol. The topological polar surface area (TPSA) is 78.0 Å². The third kappa shape index (κ3) is 4.19. The van der Waals surface area contributed by atoms with Gasteiger partial charge in [0.05, 0.1) is 5.44 Å². The number of amides is 4. The third-order valence-electron chi connectivity index (χ3n) is 8.45. The van der Waals surface area contributed by atoms with E-state index in [0.29, 0.717) is 16.7 Å². The van der Waals surface area contributed by atoms with Gasteiger partial charge in [-0.15, -0.1) is 0 Å². The SMILES string of the molecule is BC1C(=O)N(B)C(=O)[C@](B)(N2Cc3cc(C(B)N(B)C(=O)C(F)(F)c4ccc(Cl)cc4)ccc3C2=O)C1B. The van der Waals surface area contributed by atoms with Gasteiger partial charge >= 0.3 is 5.92 Å². The van der Waals surface area contributed by atoms with E-state index >= 15 is 0 Å². The minimum atomic E-state index is -3.76. The van der Waals surface area contributed by atoms with E-state index in [1.807, 2.05) is 0 Å². The Morgan fingerprint density at radius 2 is 1.74 bits per heavy atom. The molecule has 2 aliphatic heterocycles. The van der Waals surface area contributed by atoms with Gasteiger partial charge in [0.15, 0.2) is 0 Å². The maximum Gasteiger partial charge on any atom is 0.348 e. The van der Waals surface area contributed by atoms with Gasteiger partial charge in [0.25, 0.3) is 11.8 Å². The number of halogens is 3. The van der Waals surface area contributed by atoms with E-state index in [1.54, 1.807) is 49.6 Å². The van der Waals surface area contributed by atoms with Crippen molar-refractivity contribution in [2.24, 2.45) is 0 Å². The van der Waals surface area contributed by atoms with E-state index < -0.39 is 46.3 Å². The summed E-state index contributed by atoms with van der Waals surface area (Å²) in [5.41, 5.74) is -0.113. The molecule has 7 nitrogen and oxygen atoms in total. The van der Waals surface area contributed by atoms with Gasteiger partial charge < -0.3 is 14.5 Å². The molecule has 16 heteroatoms. The molecule has 3 unspecified atom stereocenters. The molecule has 1 fully saturated rings. The quantitative estimate of drug-likeness (QED) is 0.308. The molecule has 2 heterocycles. The number of rotatable bonds is 5. The Bertz CT molecular complexity index is 1350. The number of carbonyl (C=O) groups excluding carboxylic acids is 4. The highest BCUT2D eigenvalue weighted by molar-refractivity contribution is 6.47. The Balaban J connectivity index is 1.60. The normalized spacial score (nSPS) is 24.3. The van der Waals surface area contributed by atoms with Crippen LogP contribution in [0.5, 0.6) is 0 Å². The lowest BCUT2D eigenvalue weighted by Crippen LogP contribution is -2.68. The zero-order valence-electron chi connectivity index (χ0n) is 22.1. The molecule has 38 heavy (non-hydrogen) atoms. The van der Waals surface area contributed by atoms with Crippen LogP contribution in [0.25, 0.3) is 0 Å². The maximum absolute atomic E-state index is 15.0. The number of carbonyl (C=O) groups is 4. The molecule has 4 atom stereocenters. The van der Waals surface area contributed by atoms with Crippen molar-refractivity contribution >= 4 is 82.6 Å². The van der Waals surface area contributed by atoms with Gasteiger partial charge in [0, 0.05) is 34.5 Å². The van der Waals surface area contributed by atoms with Crippen molar-refractivity contribution in [1.82, 2.24) is 14.5 Å². The Kier molecular flexibility index (Phi) is 7.14. The summed E-state index contributed by atoms with van der Waals surface area (Å²) in [5, 5.41) is 0.284. The van der Waals surface area contributed by atoms with Crippen LogP contribution in [0.15, 0.2) is 42.5 Å². The highest BCUT2D eigenvalue weighted by Gasteiger charge is 2.56. The summed E-state index contributed by atoms with van der Waals surface area (Å²) in [6.07, 6.45) is 0. The number of fused-ring (bicyclic) bond motifs is 1. The van der Waals surface area contributed by atoms with Crippen molar-refractivity contribution in [3.8, 4) is 0 Å². The molecule has 2 aliphatic rings. The summed E-state index contributed by atoms with van der Waals surface area (Å²) in [5.74, 6) is -7.82. The smallest absolute Gasteiger partial charge is 0.348 e. The van der Waals surface area contributed by atoms with Crippen molar-refractivity contribution in [2.45, 2.75) is 35.5 Å². The monoisotopic (exact) mass is 533 g/mol. The minimum Gasteiger partial charge on any atom is -0.389 e. The lowest BCUT2D eigenvalue weighted by atomic mass is 9.48. The first-order valence-electron chi connectivity index (χ1n) is 12.3. The summed E-state index contributed by atoms with van der Waals surface area (Å²) >= 11 is 5.79. The minimum absolute atomic E-state index is 0.120. The van der Waals surface area contributed by atoms with E-state index in [-0.39, 0.29) is 23.4 Å². The zero-order chi connectivity index (χ0) is 28.3. The Labute approximate surface area is 230 Å². The summed E-state index contributed by atoms with van der Waals surface area (Å²) < 4.78 is 30.0. The van der Waals surface area contributed by atoms with Crippen molar-refractivity contribution in [2.75, 3.05) is 0 Å². The van der Waals surface area contributed by atoms with Crippen molar-refractivity contribution < 1.29 is 28.0 Å². The van der Waals surface area contributed by atoms with Crippen LogP contribution in [0.3, 0.4) is 0 Å². The van der Waals surface area contributed by atoms with Crippen LogP contribution >= 0.6 is 11.6 Å². The van der Waals surface area contributed by atoms with E-state index in [2.05, 4.69) is 0 Å². The molecular formula is C22H24B6ClF2N3O4. The number of hydrogen-bond acceptors (Lipinski definition) is 4. The highest BCUT2D eigenvalue weighted by atomic mass is 35.5. The fourth-order valence-corrected chi connectivity index (χ4v) is 5.51. The number of alkyl halides is 2. The summed E-state index contributed by atoms with van der Waals surface area (Å²) in [4.78, 5) is 55.5. The lowest BCUT2D eigenvalue weighted by Gasteiger charge is -2.50. The van der Waals surface area contributed by atoms with Gasteiger partial charge in [-0.25, -0.2) is 0 Å². The first-order chi connectivity index (χ1) is 17.6. The summed E-state index contributed by atoms with van der Waals surface area (Å²) in [6, 6.07) is 9.78. The Hall–Kier alpha value is -2.94. The molecule has 4 rings (SSSR count). The fourth-order valence-electron chi connectivity index (χ4n) is 5.38. The van der Waals surface area contributed by atoms with E-state index in [0.717, 1.165) is 21.8 Å². The van der Waals surface area contributed by atoms with Gasteiger partial charge in [-0.3, -0.25) is 19.2 Å². The molecule has 0 radical (unpaired) electrons. The molecule has 2 aromatic carbocycles. The second kappa shape index (κ2) is 9.67. The van der Waals surface area contributed by atoms with E-state index in [1.165, 1.54) is 33.0 Å². The average Bonchev–Trinajstić information content (AvgIpc) is 3.24. The van der Waals surface area contributed by atoms with Crippen molar-refractivity contribution in [1.29, 1.82) is 0 Å². The molecule has 2 aromatic rings. The van der Waals surface area contributed by atoms with Gasteiger partial charge in [0.2, 0.25) is 27.8 Å². The molecule has 0 N–H and O–H groups in total. The molecule has 190 valence electrons. The van der Waals surface area contributed by atoms with Gasteiger partial charge in [-0.1, -0.05) is 35.9 Å². The zero-order valence-corrected chi connectivity index (χ0v) is 22.8. The molecule has 0 bridgehead atoms. The third-order valence-corrected chi connectivity index (χ3v) is 8.70. The maximum atomic E-state index is 15.0. The number of imide groups is 1. The summed E-state index contributed by atoms with van der Waals surface area (Å²) in [6.45, 7) is 0.120. The fraction of sp³-hybridized carbons (Fsp3) is 0.273. The van der Waals surface area contributed by atoms with E-state index in [9.17, 15) is 28.0 Å². The first kappa shape index (κ1) is 28.1. The van der Waals surface area contributed by atoms with Crippen molar-refractivity contribution in [3.05, 3.63) is 69.7 Å². The first-order valence-corrected chi connectivity index (χ1v) is 12.7. The highest BCUT2D eigenvalue weighted by Crippen LogP contribution is 2.43. The predicted octanol–water partition coefficient (Wildman–Crippen LogP) is -2.81. The molecule has 0 saturated carbocycles. The van der Waals surface area contributed by atoms with Crippen LogP contribution in [-0.4, -0.2) is 90.9 Å². The van der Waals surface area contributed by atoms with Gasteiger partial charge in [0.1, 0.15) is 31.4 Å². The molecular weight excluding hydrogens is 509 g/mol. The van der Waals surface area contributed by atoms with Crippen LogP contribution in [0.2, 0.25) is 16.7 Å². The van der Waals surface area contributed by atoms with Crippen LogP contribution in [-0.2, 0) is 26.9 Å². The van der Waals surface area contributed by atoms with Crippen LogP contribution < -0.4 is 0 Å². The molecule has 4 amide bonds. The average molecular weight is 533 g/mol. The molecule has 0 spiro atoms. The van der Waals surface area contributed by atoms with Crippen molar-refractivity contribution in [3.63, 3.8) is 0 Å². The van der Waals surface area contributed by atoms with E-state index in [4.69, 9.17) is 11.6 Å². The van der Waals surface area contributed by atoms with Crippen LogP contribution in [0.4, 0.5) is 8.78 Å². The van der Waals surface area contributed by atoms with Gasteiger partial charge in [-0.2, -0.15) is 8.78 Å². The number of benzene rings is 2. The summed E-state index contributed by atoms with van der Waals surface area (Å²) in [7, 11) is 9.57. The largest absolute Gasteiger partial charge is 0.389 e. The number of nitrogens with zero attached hydrogens (tertiary/aromatic N) is 3. The molecule has 1 saturated heterocycles. The second-order valence-corrected chi connectivity index (χ2v) is 10.8. The number of hydrogen-bond donors (Lipinski definition) is 0. The second-order valence-electron chi connectivity index (χ2n) is 10.4. The molecule has 0 aromatic heterocycles. The number of piperidine rings is 1. The lowest BCUT2D eigenvalue weighted by molar-refractivity contribution is -0.154. The standard InChI is InChI=1S/C22H24B6ClF2N3O4/c23-14-15(24)21(26,19(37)34(28)18(14)36)32-8-10-7-9(1-6-13(10)17(32)35)16(25)33(27)20(38)22(30,31)11-2-4-12(29)5-3-11/h1-7,14-16H,8,23-28H2/t14?,15?,16?,21-/m1/s1. The molecule has 0 aliphatic carbocycles.